The molecule has 0 aromatic heterocycles. The molecule has 0 unspecified atom stereocenters. The molecule has 0 spiro atoms. The second kappa shape index (κ2) is 5.46. The number of primary amides is 1. The normalized spacial score (nSPS) is 11.4. The number of carbonyl (C=O) groups is 1. The molecule has 0 heterocycles. The molecule has 2 amide bonds. The van der Waals surface area contributed by atoms with Gasteiger partial charge in [-0.15, -0.1) is 0 Å². The molecular formula is C23H16N2O. The summed E-state index contributed by atoms with van der Waals surface area (Å²) in [6, 6.07) is 26.8. The lowest BCUT2D eigenvalue weighted by molar-refractivity contribution is 0.259. The van der Waals surface area contributed by atoms with Gasteiger partial charge in [0.2, 0.25) is 0 Å². The number of rotatable bonds is 1. The Bertz CT molecular complexity index is 1340. The molecule has 26 heavy (non-hydrogen) atoms. The minimum atomic E-state index is -0.554. The molecule has 3 nitrogen and oxygen atoms in total. The Morgan fingerprint density at radius 3 is 1.92 bits per heavy atom. The van der Waals surface area contributed by atoms with E-state index < -0.39 is 6.03 Å². The largest absolute Gasteiger partial charge is 0.351 e. The third kappa shape index (κ3) is 2.25. The molecule has 124 valence electrons. The number of urea groups is 1. The van der Waals surface area contributed by atoms with E-state index in [4.69, 9.17) is 5.73 Å². The van der Waals surface area contributed by atoms with E-state index in [1.165, 1.54) is 32.3 Å². The molecule has 0 atom stereocenters. The maximum Gasteiger partial charge on any atom is 0.316 e. The molecule has 0 radical (unpaired) electrons. The first kappa shape index (κ1) is 14.7. The predicted octanol–water partition coefficient (Wildman–Crippen LogP) is 5.79. The number of fused-ring (bicyclic) bond motifs is 5. The topological polar surface area (TPSA) is 55.1 Å². The summed E-state index contributed by atoms with van der Waals surface area (Å²) in [5.41, 5.74) is 6.06. The van der Waals surface area contributed by atoms with Crippen molar-refractivity contribution in [3.8, 4) is 0 Å². The number of nitrogens with one attached hydrogen (secondary N) is 1. The zero-order chi connectivity index (χ0) is 17.7. The van der Waals surface area contributed by atoms with Crippen LogP contribution in [-0.4, -0.2) is 6.03 Å². The van der Waals surface area contributed by atoms with Gasteiger partial charge < -0.3 is 11.1 Å². The number of hydrogen-bond acceptors (Lipinski definition) is 1. The highest BCUT2D eigenvalue weighted by atomic mass is 16.2. The minimum absolute atomic E-state index is 0.554. The number of benzene rings is 5. The number of hydrogen-bond donors (Lipinski definition) is 2. The maximum atomic E-state index is 11.3. The first-order valence-corrected chi connectivity index (χ1v) is 8.53. The van der Waals surface area contributed by atoms with Gasteiger partial charge in [0.25, 0.3) is 0 Å². The van der Waals surface area contributed by atoms with E-state index in [0.29, 0.717) is 0 Å². The van der Waals surface area contributed by atoms with Gasteiger partial charge in [0.1, 0.15) is 0 Å². The van der Waals surface area contributed by atoms with Crippen molar-refractivity contribution in [3.05, 3.63) is 78.9 Å². The smallest absolute Gasteiger partial charge is 0.316 e. The third-order valence-electron chi connectivity index (χ3n) is 4.96. The van der Waals surface area contributed by atoms with Crippen molar-refractivity contribution in [1.82, 2.24) is 0 Å². The van der Waals surface area contributed by atoms with Crippen LogP contribution in [0.25, 0.3) is 43.1 Å². The van der Waals surface area contributed by atoms with Crippen LogP contribution in [0.5, 0.6) is 0 Å². The summed E-state index contributed by atoms with van der Waals surface area (Å²) in [4.78, 5) is 11.3. The molecule has 0 aliphatic rings. The Morgan fingerprint density at radius 1 is 0.615 bits per heavy atom. The zero-order valence-corrected chi connectivity index (χ0v) is 14.0. The zero-order valence-electron chi connectivity index (χ0n) is 14.0. The van der Waals surface area contributed by atoms with Crippen LogP contribution >= 0.6 is 0 Å². The lowest BCUT2D eigenvalue weighted by Crippen LogP contribution is -2.19. The first-order chi connectivity index (χ1) is 12.7. The van der Waals surface area contributed by atoms with E-state index in [-0.39, 0.29) is 0 Å². The number of nitrogens with two attached hydrogens (primary N) is 1. The van der Waals surface area contributed by atoms with E-state index in [1.54, 1.807) is 0 Å². The quantitative estimate of drug-likeness (QED) is 0.295. The van der Waals surface area contributed by atoms with Crippen LogP contribution in [0.1, 0.15) is 0 Å². The van der Waals surface area contributed by atoms with Crippen molar-refractivity contribution < 1.29 is 4.79 Å². The summed E-state index contributed by atoms with van der Waals surface area (Å²) in [5.74, 6) is 0. The Kier molecular flexibility index (Phi) is 3.09. The van der Waals surface area contributed by atoms with E-state index >= 15 is 0 Å². The highest BCUT2D eigenvalue weighted by Crippen LogP contribution is 2.34. The molecule has 3 heteroatoms. The molecule has 0 fully saturated rings. The molecule has 0 saturated carbocycles. The Balaban J connectivity index is 1.90. The molecule has 3 N–H and O–H groups in total. The van der Waals surface area contributed by atoms with Gasteiger partial charge in [-0.3, -0.25) is 0 Å². The molecule has 0 aliphatic carbocycles. The van der Waals surface area contributed by atoms with E-state index in [9.17, 15) is 4.79 Å². The van der Waals surface area contributed by atoms with Crippen molar-refractivity contribution in [1.29, 1.82) is 0 Å². The Labute approximate surface area is 150 Å². The second-order valence-corrected chi connectivity index (χ2v) is 6.58. The second-order valence-electron chi connectivity index (χ2n) is 6.58. The fourth-order valence-electron chi connectivity index (χ4n) is 3.76. The molecule has 0 bridgehead atoms. The van der Waals surface area contributed by atoms with Crippen LogP contribution in [0.4, 0.5) is 10.5 Å². The molecular weight excluding hydrogens is 320 g/mol. The summed E-state index contributed by atoms with van der Waals surface area (Å²) in [6.07, 6.45) is 0. The van der Waals surface area contributed by atoms with E-state index in [2.05, 4.69) is 66.0 Å². The van der Waals surface area contributed by atoms with Gasteiger partial charge in [0.05, 0.1) is 5.69 Å². The van der Waals surface area contributed by atoms with Crippen LogP contribution in [0.3, 0.4) is 0 Å². The molecule has 5 aromatic rings. The van der Waals surface area contributed by atoms with Gasteiger partial charge >= 0.3 is 6.03 Å². The third-order valence-corrected chi connectivity index (χ3v) is 4.96. The Morgan fingerprint density at radius 2 is 1.19 bits per heavy atom. The van der Waals surface area contributed by atoms with E-state index in [1.807, 2.05) is 18.2 Å². The van der Waals surface area contributed by atoms with Gasteiger partial charge in [-0.25, -0.2) is 4.79 Å². The predicted molar refractivity (Wildman–Crippen MR) is 110 cm³/mol. The SMILES string of the molecule is NC(=O)Nc1cccc2cc3ccc4cc5ccccc5cc4c3cc12. The first-order valence-electron chi connectivity index (χ1n) is 8.53. The molecule has 0 saturated heterocycles. The summed E-state index contributed by atoms with van der Waals surface area (Å²) in [7, 11) is 0. The number of amides is 2. The summed E-state index contributed by atoms with van der Waals surface area (Å²) in [6.45, 7) is 0. The fraction of sp³-hybridized carbons (Fsp3) is 0. The van der Waals surface area contributed by atoms with E-state index in [0.717, 1.165) is 16.5 Å². The van der Waals surface area contributed by atoms with Crippen LogP contribution in [0, 0.1) is 0 Å². The van der Waals surface area contributed by atoms with Gasteiger partial charge in [-0.2, -0.15) is 0 Å². The van der Waals surface area contributed by atoms with Crippen LogP contribution in [0.15, 0.2) is 78.9 Å². The van der Waals surface area contributed by atoms with Crippen molar-refractivity contribution >= 4 is 54.8 Å². The summed E-state index contributed by atoms with van der Waals surface area (Å²) in [5, 5.41) is 12.0. The summed E-state index contributed by atoms with van der Waals surface area (Å²) >= 11 is 0. The van der Waals surface area contributed by atoms with Gasteiger partial charge in [-0.1, -0.05) is 48.5 Å². The van der Waals surface area contributed by atoms with Crippen LogP contribution < -0.4 is 11.1 Å². The van der Waals surface area contributed by atoms with Gasteiger partial charge in [0.15, 0.2) is 0 Å². The van der Waals surface area contributed by atoms with Crippen molar-refractivity contribution in [3.63, 3.8) is 0 Å². The number of anilines is 1. The Hall–Kier alpha value is -3.59. The van der Waals surface area contributed by atoms with Crippen molar-refractivity contribution in [2.45, 2.75) is 0 Å². The molecule has 0 aliphatic heterocycles. The average molecular weight is 336 g/mol. The van der Waals surface area contributed by atoms with Crippen LogP contribution in [0.2, 0.25) is 0 Å². The maximum absolute atomic E-state index is 11.3. The monoisotopic (exact) mass is 336 g/mol. The molecule has 5 rings (SSSR count). The van der Waals surface area contributed by atoms with Crippen molar-refractivity contribution in [2.75, 3.05) is 5.32 Å². The standard InChI is InChI=1S/C23H16N2O/c24-23(26)25-22-7-3-6-16-11-18-9-8-17-10-14-4-1-2-5-15(14)12-19(17)20(18)13-21(16)22/h1-13H,(H3,24,25,26). The fourth-order valence-corrected chi connectivity index (χ4v) is 3.76. The van der Waals surface area contributed by atoms with Crippen molar-refractivity contribution in [2.24, 2.45) is 5.73 Å². The summed E-state index contributed by atoms with van der Waals surface area (Å²) < 4.78 is 0. The number of carbonyl (C=O) groups excluding carboxylic acids is 1. The van der Waals surface area contributed by atoms with Gasteiger partial charge in [0, 0.05) is 5.39 Å². The minimum Gasteiger partial charge on any atom is -0.351 e. The highest BCUT2D eigenvalue weighted by molar-refractivity contribution is 6.17. The lowest BCUT2D eigenvalue weighted by Gasteiger charge is -2.11. The van der Waals surface area contributed by atoms with Crippen LogP contribution in [-0.2, 0) is 0 Å². The average Bonchev–Trinajstić information content (AvgIpc) is 2.65. The highest BCUT2D eigenvalue weighted by Gasteiger charge is 2.08. The molecule has 5 aromatic carbocycles. The van der Waals surface area contributed by atoms with Gasteiger partial charge in [-0.05, 0) is 68.0 Å². The lowest BCUT2D eigenvalue weighted by atomic mass is 9.95.